The van der Waals surface area contributed by atoms with Crippen molar-refractivity contribution >= 4 is 0 Å². The number of hydrogen-bond acceptors (Lipinski definition) is 3. The first-order chi connectivity index (χ1) is 10.3. The van der Waals surface area contributed by atoms with Gasteiger partial charge in [0.15, 0.2) is 0 Å². The van der Waals surface area contributed by atoms with Gasteiger partial charge in [-0.1, -0.05) is 26.2 Å². The second-order valence-electron chi connectivity index (χ2n) is 7.14. The number of benzene rings is 1. The third-order valence-electron chi connectivity index (χ3n) is 5.19. The first kappa shape index (κ1) is 17.1. The van der Waals surface area contributed by atoms with Crippen molar-refractivity contribution in [1.29, 1.82) is 0 Å². The summed E-state index contributed by atoms with van der Waals surface area (Å²) in [5.74, 6) is 1.27. The Morgan fingerprint density at radius 2 is 1.82 bits per heavy atom. The van der Waals surface area contributed by atoms with Crippen molar-refractivity contribution in [2.45, 2.75) is 84.8 Å². The van der Waals surface area contributed by atoms with Crippen LogP contribution in [0.3, 0.4) is 0 Å². The number of rotatable bonds is 5. The number of fused-ring (bicyclic) bond motifs is 1. The van der Waals surface area contributed by atoms with E-state index in [-0.39, 0.29) is 11.6 Å². The van der Waals surface area contributed by atoms with E-state index >= 15 is 0 Å². The minimum atomic E-state index is -0.194. The second-order valence-corrected chi connectivity index (χ2v) is 7.14. The molecular formula is C19H31NO2. The second kappa shape index (κ2) is 6.49. The van der Waals surface area contributed by atoms with Gasteiger partial charge in [-0.2, -0.15) is 0 Å². The van der Waals surface area contributed by atoms with Crippen LogP contribution in [0.15, 0.2) is 0 Å². The number of ether oxygens (including phenoxy) is 1. The lowest BCUT2D eigenvalue weighted by atomic mass is 9.82. The van der Waals surface area contributed by atoms with E-state index < -0.39 is 0 Å². The zero-order chi connectivity index (χ0) is 16.5. The molecule has 22 heavy (non-hydrogen) atoms. The Kier molecular flexibility index (Phi) is 5.06. The summed E-state index contributed by atoms with van der Waals surface area (Å²) in [6.45, 7) is 10.3. The van der Waals surface area contributed by atoms with E-state index in [1.807, 2.05) is 20.8 Å². The van der Waals surface area contributed by atoms with Gasteiger partial charge in [-0.3, -0.25) is 0 Å². The smallest absolute Gasteiger partial charge is 0.128 e. The molecule has 124 valence electrons. The molecule has 2 rings (SSSR count). The Labute approximate surface area is 134 Å². The monoisotopic (exact) mass is 305 g/mol. The quantitative estimate of drug-likeness (QED) is 0.766. The lowest BCUT2D eigenvalue weighted by Crippen LogP contribution is -2.41. The fraction of sp³-hybridized carbons (Fsp3) is 0.684. The molecule has 0 saturated heterocycles. The maximum Gasteiger partial charge on any atom is 0.128 e. The Balaban J connectivity index is 2.29. The molecule has 1 heterocycles. The summed E-state index contributed by atoms with van der Waals surface area (Å²) < 4.78 is 6.43. The molecule has 3 N–H and O–H groups in total. The molecule has 0 aliphatic carbocycles. The summed E-state index contributed by atoms with van der Waals surface area (Å²) in [4.78, 5) is 0. The van der Waals surface area contributed by atoms with Gasteiger partial charge in [-0.05, 0) is 57.2 Å². The van der Waals surface area contributed by atoms with E-state index in [0.717, 1.165) is 40.8 Å². The van der Waals surface area contributed by atoms with Crippen LogP contribution in [0.25, 0.3) is 0 Å². The van der Waals surface area contributed by atoms with Gasteiger partial charge in [0, 0.05) is 18.0 Å². The molecule has 3 heteroatoms. The molecule has 0 spiro atoms. The lowest BCUT2D eigenvalue weighted by Gasteiger charge is -2.41. The maximum absolute atomic E-state index is 10.3. The van der Waals surface area contributed by atoms with Gasteiger partial charge in [-0.15, -0.1) is 0 Å². The zero-order valence-electron chi connectivity index (χ0n) is 14.8. The highest BCUT2D eigenvalue weighted by Crippen LogP contribution is 2.47. The van der Waals surface area contributed by atoms with Gasteiger partial charge < -0.3 is 15.6 Å². The summed E-state index contributed by atoms with van der Waals surface area (Å²) >= 11 is 0. The summed E-state index contributed by atoms with van der Waals surface area (Å²) in [6, 6.07) is -0.0647. The first-order valence-corrected chi connectivity index (χ1v) is 8.58. The highest BCUT2D eigenvalue weighted by Gasteiger charge is 2.38. The van der Waals surface area contributed by atoms with Gasteiger partial charge in [0.2, 0.25) is 0 Å². The van der Waals surface area contributed by atoms with Crippen LogP contribution in [0.5, 0.6) is 11.5 Å². The minimum Gasteiger partial charge on any atom is -0.507 e. The predicted molar refractivity (Wildman–Crippen MR) is 91.7 cm³/mol. The standard InChI is InChI=1S/C19H31NO2/c1-6-7-8-9-10-19(5)11-15(20)16-14(4)17(21)12(2)13(3)18(16)22-19/h15,21H,6-11,20H2,1-5H3. The SMILES string of the molecule is CCCCCCC1(C)CC(N)c2c(C)c(O)c(C)c(C)c2O1. The van der Waals surface area contributed by atoms with Crippen LogP contribution < -0.4 is 10.5 Å². The van der Waals surface area contributed by atoms with E-state index in [4.69, 9.17) is 10.5 Å². The van der Waals surface area contributed by atoms with E-state index in [0.29, 0.717) is 5.75 Å². The Bertz CT molecular complexity index is 553. The summed E-state index contributed by atoms with van der Waals surface area (Å²) in [7, 11) is 0. The van der Waals surface area contributed by atoms with E-state index in [1.54, 1.807) is 0 Å². The molecular weight excluding hydrogens is 274 g/mol. The number of unbranched alkanes of at least 4 members (excludes halogenated alkanes) is 3. The summed E-state index contributed by atoms with van der Waals surface area (Å²) in [6.07, 6.45) is 6.82. The third kappa shape index (κ3) is 3.10. The van der Waals surface area contributed by atoms with E-state index in [9.17, 15) is 5.11 Å². The minimum absolute atomic E-state index is 0.0647. The van der Waals surface area contributed by atoms with Crippen LogP contribution in [-0.4, -0.2) is 10.7 Å². The molecule has 1 aliphatic heterocycles. The molecule has 1 aromatic carbocycles. The largest absolute Gasteiger partial charge is 0.507 e. The Morgan fingerprint density at radius 3 is 2.45 bits per heavy atom. The van der Waals surface area contributed by atoms with Gasteiger partial charge in [-0.25, -0.2) is 0 Å². The first-order valence-electron chi connectivity index (χ1n) is 8.58. The molecule has 0 amide bonds. The van der Waals surface area contributed by atoms with Crippen LogP contribution >= 0.6 is 0 Å². The molecule has 3 nitrogen and oxygen atoms in total. The van der Waals surface area contributed by atoms with Crippen LogP contribution in [0, 0.1) is 20.8 Å². The highest BCUT2D eigenvalue weighted by atomic mass is 16.5. The van der Waals surface area contributed by atoms with Crippen LogP contribution in [0.4, 0.5) is 0 Å². The molecule has 0 bridgehead atoms. The maximum atomic E-state index is 10.3. The third-order valence-corrected chi connectivity index (χ3v) is 5.19. The Hall–Kier alpha value is -1.22. The van der Waals surface area contributed by atoms with Crippen molar-refractivity contribution in [2.75, 3.05) is 0 Å². The molecule has 0 saturated carbocycles. The normalized spacial score (nSPS) is 24.0. The highest BCUT2D eigenvalue weighted by molar-refractivity contribution is 5.59. The average molecular weight is 305 g/mol. The Morgan fingerprint density at radius 1 is 1.14 bits per heavy atom. The molecule has 1 aliphatic rings. The molecule has 1 aromatic rings. The molecule has 0 radical (unpaired) electrons. The fourth-order valence-corrected chi connectivity index (χ4v) is 3.64. The van der Waals surface area contributed by atoms with Gasteiger partial charge in [0.25, 0.3) is 0 Å². The van der Waals surface area contributed by atoms with Crippen molar-refractivity contribution < 1.29 is 9.84 Å². The molecule has 0 aromatic heterocycles. The summed E-state index contributed by atoms with van der Waals surface area (Å²) in [5.41, 5.74) is 10.0. The van der Waals surface area contributed by atoms with Gasteiger partial charge in [0.05, 0.1) is 0 Å². The topological polar surface area (TPSA) is 55.5 Å². The number of hydrogen-bond donors (Lipinski definition) is 2. The number of phenols is 1. The van der Waals surface area contributed by atoms with Crippen LogP contribution in [-0.2, 0) is 0 Å². The van der Waals surface area contributed by atoms with Crippen molar-refractivity contribution in [2.24, 2.45) is 5.73 Å². The van der Waals surface area contributed by atoms with E-state index in [1.165, 1.54) is 25.7 Å². The van der Waals surface area contributed by atoms with Crippen LogP contribution in [0.2, 0.25) is 0 Å². The van der Waals surface area contributed by atoms with Gasteiger partial charge in [0.1, 0.15) is 17.1 Å². The number of aromatic hydroxyl groups is 1. The zero-order valence-corrected chi connectivity index (χ0v) is 14.8. The molecule has 0 fully saturated rings. The van der Waals surface area contributed by atoms with Crippen molar-refractivity contribution in [3.8, 4) is 11.5 Å². The summed E-state index contributed by atoms with van der Waals surface area (Å²) in [5, 5.41) is 10.3. The predicted octanol–water partition coefficient (Wildman–Crippen LogP) is 4.83. The van der Waals surface area contributed by atoms with Gasteiger partial charge >= 0.3 is 0 Å². The van der Waals surface area contributed by atoms with Crippen molar-refractivity contribution in [1.82, 2.24) is 0 Å². The number of phenolic OH excluding ortho intramolecular Hbond substituents is 1. The average Bonchev–Trinajstić information content (AvgIpc) is 2.47. The van der Waals surface area contributed by atoms with Crippen molar-refractivity contribution in [3.63, 3.8) is 0 Å². The van der Waals surface area contributed by atoms with E-state index in [2.05, 4.69) is 13.8 Å². The van der Waals surface area contributed by atoms with Crippen molar-refractivity contribution in [3.05, 3.63) is 22.3 Å². The van der Waals surface area contributed by atoms with Crippen LogP contribution in [0.1, 0.15) is 80.7 Å². The fourth-order valence-electron chi connectivity index (χ4n) is 3.64. The molecule has 2 atom stereocenters. The molecule has 2 unspecified atom stereocenters. The number of nitrogens with two attached hydrogens (primary N) is 1. The lowest BCUT2D eigenvalue weighted by molar-refractivity contribution is 0.0417.